The van der Waals surface area contributed by atoms with Crippen molar-refractivity contribution in [3.63, 3.8) is 0 Å². The third-order valence-electron chi connectivity index (χ3n) is 2.93. The third kappa shape index (κ3) is 3.99. The Labute approximate surface area is 124 Å². The molecule has 0 saturated carbocycles. The predicted molar refractivity (Wildman–Crippen MR) is 81.0 cm³/mol. The van der Waals surface area contributed by atoms with Crippen LogP contribution in [0.4, 0.5) is 0 Å². The molecule has 0 amide bonds. The zero-order valence-electron chi connectivity index (χ0n) is 11.9. The fourth-order valence-electron chi connectivity index (χ4n) is 1.96. The number of aromatic nitrogens is 2. The Morgan fingerprint density at radius 2 is 2.25 bits per heavy atom. The Balaban J connectivity index is 2.04. The van der Waals surface area contributed by atoms with E-state index in [4.69, 9.17) is 16.3 Å². The molecule has 2 aromatic rings. The van der Waals surface area contributed by atoms with Crippen molar-refractivity contribution < 1.29 is 4.74 Å². The fourth-order valence-corrected chi connectivity index (χ4v) is 2.20. The van der Waals surface area contributed by atoms with Gasteiger partial charge in [-0.15, -0.1) is 0 Å². The van der Waals surface area contributed by atoms with E-state index in [0.29, 0.717) is 11.6 Å². The smallest absolute Gasteiger partial charge is 0.142 e. The average molecular weight is 294 g/mol. The highest BCUT2D eigenvalue weighted by molar-refractivity contribution is 6.32. The van der Waals surface area contributed by atoms with E-state index in [0.717, 1.165) is 36.4 Å². The van der Waals surface area contributed by atoms with Crippen molar-refractivity contribution in [1.82, 2.24) is 15.1 Å². The Morgan fingerprint density at radius 3 is 2.95 bits per heavy atom. The summed E-state index contributed by atoms with van der Waals surface area (Å²) in [4.78, 5) is 0. The maximum atomic E-state index is 6.24. The molecule has 20 heavy (non-hydrogen) atoms. The minimum Gasteiger partial charge on any atom is -0.487 e. The summed E-state index contributed by atoms with van der Waals surface area (Å²) in [6, 6.07) is 5.83. The van der Waals surface area contributed by atoms with E-state index in [1.54, 1.807) is 10.9 Å². The fraction of sp³-hybridized carbons (Fsp3) is 0.400. The molecule has 0 fully saturated rings. The molecule has 108 valence electrons. The van der Waals surface area contributed by atoms with Gasteiger partial charge < -0.3 is 10.1 Å². The van der Waals surface area contributed by atoms with Gasteiger partial charge in [-0.2, -0.15) is 5.10 Å². The van der Waals surface area contributed by atoms with Crippen LogP contribution in [0.5, 0.6) is 5.75 Å². The minimum atomic E-state index is 0.471. The van der Waals surface area contributed by atoms with Crippen LogP contribution in [0.25, 0.3) is 0 Å². The summed E-state index contributed by atoms with van der Waals surface area (Å²) in [5.41, 5.74) is 2.11. The van der Waals surface area contributed by atoms with Gasteiger partial charge in [-0.1, -0.05) is 30.7 Å². The average Bonchev–Trinajstić information content (AvgIpc) is 2.84. The van der Waals surface area contributed by atoms with Gasteiger partial charge in [-0.25, -0.2) is 0 Å². The van der Waals surface area contributed by atoms with Gasteiger partial charge in [-0.3, -0.25) is 4.68 Å². The SMILES string of the molecule is CCCNCc1cccc(Cl)c1OCc1cnn(C)c1. The summed E-state index contributed by atoms with van der Waals surface area (Å²) in [6.07, 6.45) is 4.84. The molecule has 2 rings (SSSR count). The van der Waals surface area contributed by atoms with Crippen LogP contribution >= 0.6 is 11.6 Å². The molecule has 4 nitrogen and oxygen atoms in total. The van der Waals surface area contributed by atoms with Crippen LogP contribution in [-0.4, -0.2) is 16.3 Å². The molecular formula is C15H20ClN3O. The molecule has 1 aromatic carbocycles. The summed E-state index contributed by atoms with van der Waals surface area (Å²) in [6.45, 7) is 4.36. The van der Waals surface area contributed by atoms with Crippen molar-refractivity contribution in [1.29, 1.82) is 0 Å². The second-order valence-electron chi connectivity index (χ2n) is 4.72. The van der Waals surface area contributed by atoms with E-state index < -0.39 is 0 Å². The monoisotopic (exact) mass is 293 g/mol. The van der Waals surface area contributed by atoms with E-state index >= 15 is 0 Å². The quantitative estimate of drug-likeness (QED) is 0.797. The first-order valence-electron chi connectivity index (χ1n) is 6.79. The Kier molecular flexibility index (Phi) is 5.44. The largest absolute Gasteiger partial charge is 0.487 e. The van der Waals surface area contributed by atoms with Crippen molar-refractivity contribution in [3.05, 3.63) is 46.7 Å². The van der Waals surface area contributed by atoms with Gasteiger partial charge in [-0.05, 0) is 19.0 Å². The number of benzene rings is 1. The van der Waals surface area contributed by atoms with Crippen molar-refractivity contribution in [2.24, 2.45) is 7.05 Å². The number of nitrogens with zero attached hydrogens (tertiary/aromatic N) is 2. The number of nitrogens with one attached hydrogen (secondary N) is 1. The van der Waals surface area contributed by atoms with Crippen molar-refractivity contribution >= 4 is 11.6 Å². The lowest BCUT2D eigenvalue weighted by Gasteiger charge is -2.13. The van der Waals surface area contributed by atoms with Crippen LogP contribution < -0.4 is 10.1 Å². The Hall–Kier alpha value is -1.52. The summed E-state index contributed by atoms with van der Waals surface area (Å²) >= 11 is 6.24. The van der Waals surface area contributed by atoms with Crippen molar-refractivity contribution in [2.45, 2.75) is 26.5 Å². The lowest BCUT2D eigenvalue weighted by atomic mass is 10.2. The molecular weight excluding hydrogens is 274 g/mol. The van der Waals surface area contributed by atoms with Gasteiger partial charge in [0.2, 0.25) is 0 Å². The molecule has 5 heteroatoms. The number of hydrogen-bond acceptors (Lipinski definition) is 3. The number of hydrogen-bond donors (Lipinski definition) is 1. The zero-order chi connectivity index (χ0) is 14.4. The number of ether oxygens (including phenoxy) is 1. The Bertz CT molecular complexity index is 554. The molecule has 0 atom stereocenters. The Morgan fingerprint density at radius 1 is 1.40 bits per heavy atom. The van der Waals surface area contributed by atoms with Crippen LogP contribution in [0.3, 0.4) is 0 Å². The first-order chi connectivity index (χ1) is 9.70. The van der Waals surface area contributed by atoms with Gasteiger partial charge in [0.05, 0.1) is 11.2 Å². The van der Waals surface area contributed by atoms with E-state index in [9.17, 15) is 0 Å². The summed E-state index contributed by atoms with van der Waals surface area (Å²) in [5.74, 6) is 0.752. The normalized spacial score (nSPS) is 10.8. The lowest BCUT2D eigenvalue weighted by Crippen LogP contribution is -2.14. The highest BCUT2D eigenvalue weighted by atomic mass is 35.5. The first-order valence-corrected chi connectivity index (χ1v) is 7.17. The third-order valence-corrected chi connectivity index (χ3v) is 3.23. The molecule has 0 bridgehead atoms. The van der Waals surface area contributed by atoms with Gasteiger partial charge in [0.25, 0.3) is 0 Å². The lowest BCUT2D eigenvalue weighted by molar-refractivity contribution is 0.302. The van der Waals surface area contributed by atoms with Crippen LogP contribution in [0, 0.1) is 0 Å². The van der Waals surface area contributed by atoms with E-state index in [1.807, 2.05) is 31.4 Å². The second kappa shape index (κ2) is 7.31. The van der Waals surface area contributed by atoms with Crippen molar-refractivity contribution in [3.8, 4) is 5.75 Å². The second-order valence-corrected chi connectivity index (χ2v) is 5.12. The van der Waals surface area contributed by atoms with E-state index in [2.05, 4.69) is 17.3 Å². The predicted octanol–water partition coefficient (Wildman–Crippen LogP) is 3.15. The van der Waals surface area contributed by atoms with Gasteiger partial charge >= 0.3 is 0 Å². The van der Waals surface area contributed by atoms with Gasteiger partial charge in [0, 0.05) is 30.9 Å². The van der Waals surface area contributed by atoms with Crippen LogP contribution in [0.15, 0.2) is 30.6 Å². The molecule has 0 aliphatic heterocycles. The molecule has 1 aromatic heterocycles. The minimum absolute atomic E-state index is 0.471. The maximum Gasteiger partial charge on any atom is 0.142 e. The van der Waals surface area contributed by atoms with E-state index in [-0.39, 0.29) is 0 Å². The standard InChI is InChI=1S/C15H20ClN3O/c1-3-7-17-9-13-5-4-6-14(16)15(13)20-11-12-8-18-19(2)10-12/h4-6,8,10,17H,3,7,9,11H2,1-2H3. The van der Waals surface area contributed by atoms with Crippen LogP contribution in [-0.2, 0) is 20.2 Å². The molecule has 0 radical (unpaired) electrons. The van der Waals surface area contributed by atoms with Crippen LogP contribution in [0.2, 0.25) is 5.02 Å². The van der Waals surface area contributed by atoms with Gasteiger partial charge in [0.1, 0.15) is 12.4 Å². The maximum absolute atomic E-state index is 6.24. The van der Waals surface area contributed by atoms with Crippen molar-refractivity contribution in [2.75, 3.05) is 6.54 Å². The highest BCUT2D eigenvalue weighted by Gasteiger charge is 2.09. The zero-order valence-corrected chi connectivity index (χ0v) is 12.7. The molecule has 0 unspecified atom stereocenters. The van der Waals surface area contributed by atoms with E-state index in [1.165, 1.54) is 0 Å². The summed E-state index contributed by atoms with van der Waals surface area (Å²) in [7, 11) is 1.89. The molecule has 1 N–H and O–H groups in total. The number of para-hydroxylation sites is 1. The molecule has 1 heterocycles. The number of aryl methyl sites for hydroxylation is 1. The molecule has 0 aliphatic rings. The first kappa shape index (κ1) is 14.9. The topological polar surface area (TPSA) is 39.1 Å². The molecule has 0 saturated heterocycles. The van der Waals surface area contributed by atoms with Crippen LogP contribution in [0.1, 0.15) is 24.5 Å². The number of halogens is 1. The highest BCUT2D eigenvalue weighted by Crippen LogP contribution is 2.29. The summed E-state index contributed by atoms with van der Waals surface area (Å²) in [5, 5.41) is 8.14. The summed E-state index contributed by atoms with van der Waals surface area (Å²) < 4.78 is 7.63. The molecule has 0 aliphatic carbocycles. The number of rotatable bonds is 7. The molecule has 0 spiro atoms. The van der Waals surface area contributed by atoms with Gasteiger partial charge in [0.15, 0.2) is 0 Å².